The molecule has 1 aromatic rings. The number of nitrogens with two attached hydrogens (primary N) is 2. The Bertz CT molecular complexity index is 390. The zero-order chi connectivity index (χ0) is 12.6. The van der Waals surface area contributed by atoms with Crippen LogP contribution in [0.5, 0.6) is 0 Å². The van der Waals surface area contributed by atoms with E-state index in [0.29, 0.717) is 6.54 Å². The third-order valence-electron chi connectivity index (χ3n) is 4.46. The van der Waals surface area contributed by atoms with Crippen molar-refractivity contribution in [3.05, 3.63) is 34.4 Å². The maximum absolute atomic E-state index is 6.52. The van der Waals surface area contributed by atoms with Gasteiger partial charge in [0.1, 0.15) is 0 Å². The first-order valence-electron chi connectivity index (χ1n) is 6.53. The second kappa shape index (κ2) is 4.43. The van der Waals surface area contributed by atoms with Crippen LogP contribution in [0.2, 0.25) is 0 Å². The lowest BCUT2D eigenvalue weighted by Crippen LogP contribution is -2.46. The van der Waals surface area contributed by atoms with Crippen molar-refractivity contribution >= 4 is 0 Å². The maximum atomic E-state index is 6.52. The van der Waals surface area contributed by atoms with E-state index in [2.05, 4.69) is 32.9 Å². The Morgan fingerprint density at radius 2 is 1.71 bits per heavy atom. The van der Waals surface area contributed by atoms with Gasteiger partial charge in [-0.05, 0) is 56.8 Å². The highest BCUT2D eigenvalue weighted by Gasteiger charge is 2.42. The van der Waals surface area contributed by atoms with Crippen molar-refractivity contribution in [2.75, 3.05) is 6.54 Å². The molecular formula is C15H24N2. The topological polar surface area (TPSA) is 52.0 Å². The van der Waals surface area contributed by atoms with Gasteiger partial charge in [-0.25, -0.2) is 0 Å². The van der Waals surface area contributed by atoms with Crippen LogP contribution in [0.3, 0.4) is 0 Å². The van der Waals surface area contributed by atoms with Crippen molar-refractivity contribution in [2.45, 2.75) is 46.1 Å². The molecule has 0 bridgehead atoms. The molecule has 2 nitrogen and oxygen atoms in total. The van der Waals surface area contributed by atoms with Gasteiger partial charge in [-0.3, -0.25) is 0 Å². The monoisotopic (exact) mass is 232 g/mol. The van der Waals surface area contributed by atoms with E-state index in [1.54, 1.807) is 0 Å². The molecule has 94 valence electrons. The molecule has 1 aliphatic rings. The van der Waals surface area contributed by atoms with E-state index in [0.717, 1.165) is 0 Å². The van der Waals surface area contributed by atoms with Gasteiger partial charge >= 0.3 is 0 Å². The zero-order valence-corrected chi connectivity index (χ0v) is 11.2. The van der Waals surface area contributed by atoms with Gasteiger partial charge < -0.3 is 11.5 Å². The molecule has 1 aliphatic carbocycles. The summed E-state index contributed by atoms with van der Waals surface area (Å²) in [7, 11) is 0. The lowest BCUT2D eigenvalue weighted by atomic mass is 9.62. The maximum Gasteiger partial charge on any atom is 0.0369 e. The Labute approximate surface area is 104 Å². The SMILES string of the molecule is Cc1cc(C)c(C(N)C2(CN)CCC2)c(C)c1. The van der Waals surface area contributed by atoms with Crippen LogP contribution in [0.4, 0.5) is 0 Å². The van der Waals surface area contributed by atoms with Crippen LogP contribution in [-0.2, 0) is 0 Å². The molecule has 0 aromatic heterocycles. The fourth-order valence-electron chi connectivity index (χ4n) is 3.26. The predicted octanol–water partition coefficient (Wildman–Crippen LogP) is 2.74. The molecule has 2 rings (SSSR count). The van der Waals surface area contributed by atoms with Gasteiger partial charge in [0.2, 0.25) is 0 Å². The molecule has 2 heteroatoms. The summed E-state index contributed by atoms with van der Waals surface area (Å²) < 4.78 is 0. The van der Waals surface area contributed by atoms with Crippen LogP contribution in [0, 0.1) is 26.2 Å². The molecule has 0 heterocycles. The fourth-order valence-corrected chi connectivity index (χ4v) is 3.26. The largest absolute Gasteiger partial charge is 0.330 e. The summed E-state index contributed by atoms with van der Waals surface area (Å²) in [6, 6.07) is 4.55. The van der Waals surface area contributed by atoms with Crippen LogP contribution < -0.4 is 11.5 Å². The van der Waals surface area contributed by atoms with E-state index in [-0.39, 0.29) is 11.5 Å². The molecule has 0 aliphatic heterocycles. The van der Waals surface area contributed by atoms with Crippen molar-refractivity contribution < 1.29 is 0 Å². The Kier molecular flexibility index (Phi) is 3.28. The minimum Gasteiger partial charge on any atom is -0.330 e. The number of aryl methyl sites for hydroxylation is 3. The quantitative estimate of drug-likeness (QED) is 0.842. The van der Waals surface area contributed by atoms with Crippen LogP contribution in [0.1, 0.15) is 47.6 Å². The van der Waals surface area contributed by atoms with Crippen LogP contribution in [-0.4, -0.2) is 6.54 Å². The highest BCUT2D eigenvalue weighted by atomic mass is 14.8. The number of benzene rings is 1. The molecular weight excluding hydrogens is 208 g/mol. The van der Waals surface area contributed by atoms with E-state index in [1.165, 1.54) is 41.5 Å². The minimum atomic E-state index is 0.0989. The molecule has 1 atom stereocenters. The van der Waals surface area contributed by atoms with Crippen LogP contribution in [0.25, 0.3) is 0 Å². The molecule has 0 saturated heterocycles. The first-order valence-corrected chi connectivity index (χ1v) is 6.53. The average molecular weight is 232 g/mol. The number of rotatable bonds is 3. The highest BCUT2D eigenvalue weighted by Crippen LogP contribution is 2.49. The third-order valence-corrected chi connectivity index (χ3v) is 4.46. The molecule has 1 unspecified atom stereocenters. The molecule has 4 N–H and O–H groups in total. The molecule has 0 spiro atoms. The molecule has 0 amide bonds. The Morgan fingerprint density at radius 3 is 2.06 bits per heavy atom. The summed E-state index contributed by atoms with van der Waals surface area (Å²) in [6.45, 7) is 7.18. The Hall–Kier alpha value is -0.860. The third kappa shape index (κ3) is 2.00. The smallest absolute Gasteiger partial charge is 0.0369 e. The van der Waals surface area contributed by atoms with Gasteiger partial charge in [-0.15, -0.1) is 0 Å². The highest BCUT2D eigenvalue weighted by molar-refractivity contribution is 5.40. The summed E-state index contributed by atoms with van der Waals surface area (Å²) in [4.78, 5) is 0. The normalized spacial score (nSPS) is 19.8. The van der Waals surface area contributed by atoms with Crippen LogP contribution in [0.15, 0.2) is 12.1 Å². The molecule has 1 fully saturated rings. The first-order chi connectivity index (χ1) is 8.00. The van der Waals surface area contributed by atoms with Gasteiger partial charge in [-0.1, -0.05) is 24.1 Å². The summed E-state index contributed by atoms with van der Waals surface area (Å²) in [5.74, 6) is 0. The number of hydrogen-bond acceptors (Lipinski definition) is 2. The van der Waals surface area contributed by atoms with Crippen molar-refractivity contribution in [1.29, 1.82) is 0 Å². The molecule has 17 heavy (non-hydrogen) atoms. The Balaban J connectivity index is 2.40. The molecule has 0 radical (unpaired) electrons. The minimum absolute atomic E-state index is 0.0989. The van der Waals surface area contributed by atoms with Crippen molar-refractivity contribution in [1.82, 2.24) is 0 Å². The van der Waals surface area contributed by atoms with Crippen molar-refractivity contribution in [2.24, 2.45) is 16.9 Å². The summed E-state index contributed by atoms with van der Waals surface area (Å²) in [5, 5.41) is 0. The standard InChI is InChI=1S/C15H24N2/c1-10-7-11(2)13(12(3)8-10)14(17)15(9-16)5-4-6-15/h7-8,14H,4-6,9,16-17H2,1-3H3. The van der Waals surface area contributed by atoms with Crippen LogP contribution >= 0.6 is 0 Å². The lowest BCUT2D eigenvalue weighted by molar-refractivity contribution is 0.104. The van der Waals surface area contributed by atoms with E-state index >= 15 is 0 Å². The van der Waals surface area contributed by atoms with Crippen molar-refractivity contribution in [3.8, 4) is 0 Å². The van der Waals surface area contributed by atoms with E-state index in [4.69, 9.17) is 11.5 Å². The molecule has 1 saturated carbocycles. The molecule has 1 aromatic carbocycles. The number of hydrogen-bond donors (Lipinski definition) is 2. The van der Waals surface area contributed by atoms with Gasteiger partial charge in [-0.2, -0.15) is 0 Å². The predicted molar refractivity (Wildman–Crippen MR) is 72.9 cm³/mol. The van der Waals surface area contributed by atoms with Gasteiger partial charge in [0.05, 0.1) is 0 Å². The fraction of sp³-hybridized carbons (Fsp3) is 0.600. The van der Waals surface area contributed by atoms with E-state index < -0.39 is 0 Å². The first kappa shape index (κ1) is 12.6. The van der Waals surface area contributed by atoms with Gasteiger partial charge in [0, 0.05) is 11.5 Å². The summed E-state index contributed by atoms with van der Waals surface area (Å²) >= 11 is 0. The Morgan fingerprint density at radius 1 is 1.18 bits per heavy atom. The second-order valence-electron chi connectivity index (χ2n) is 5.71. The average Bonchev–Trinajstić information content (AvgIpc) is 2.14. The van der Waals surface area contributed by atoms with Gasteiger partial charge in [0.25, 0.3) is 0 Å². The second-order valence-corrected chi connectivity index (χ2v) is 5.71. The summed E-state index contributed by atoms with van der Waals surface area (Å²) in [5.41, 5.74) is 17.9. The van der Waals surface area contributed by atoms with E-state index in [9.17, 15) is 0 Å². The van der Waals surface area contributed by atoms with E-state index in [1.807, 2.05) is 0 Å². The van der Waals surface area contributed by atoms with Crippen molar-refractivity contribution in [3.63, 3.8) is 0 Å². The van der Waals surface area contributed by atoms with Gasteiger partial charge in [0.15, 0.2) is 0 Å². The zero-order valence-electron chi connectivity index (χ0n) is 11.2. The lowest BCUT2D eigenvalue weighted by Gasteiger charge is -2.46. The summed E-state index contributed by atoms with van der Waals surface area (Å²) in [6.07, 6.45) is 3.63.